The number of nitrogens with zero attached hydrogens (tertiary/aromatic N) is 3. The number of fused-ring (bicyclic) bond motifs is 1. The molecular weight excluding hydrogens is 192 g/mol. The molecule has 1 aliphatic rings. The Morgan fingerprint density at radius 3 is 2.93 bits per heavy atom. The standard InChI is InChI=1S/C10H16N4O/c1-7(15)14-4-3-10-8(6-14)9(5-11)12-13(10)2/h3-6,11H2,1-2H3. The molecule has 1 amide bonds. The summed E-state index contributed by atoms with van der Waals surface area (Å²) in [5.74, 6) is 0.118. The summed E-state index contributed by atoms with van der Waals surface area (Å²) < 4.78 is 1.88. The van der Waals surface area contributed by atoms with Crippen LogP contribution in [-0.2, 0) is 31.4 Å². The van der Waals surface area contributed by atoms with Gasteiger partial charge in [0.1, 0.15) is 0 Å². The van der Waals surface area contributed by atoms with Gasteiger partial charge in [-0.1, -0.05) is 0 Å². The number of aryl methyl sites for hydroxylation is 1. The van der Waals surface area contributed by atoms with Crippen molar-refractivity contribution in [3.05, 3.63) is 17.0 Å². The Morgan fingerprint density at radius 1 is 1.60 bits per heavy atom. The number of aromatic nitrogens is 2. The molecule has 0 saturated heterocycles. The van der Waals surface area contributed by atoms with E-state index in [4.69, 9.17) is 5.73 Å². The monoisotopic (exact) mass is 208 g/mol. The molecule has 82 valence electrons. The lowest BCUT2D eigenvalue weighted by molar-refractivity contribution is -0.129. The van der Waals surface area contributed by atoms with Gasteiger partial charge in [-0.2, -0.15) is 5.10 Å². The van der Waals surface area contributed by atoms with Crippen molar-refractivity contribution in [1.29, 1.82) is 0 Å². The molecule has 1 aromatic rings. The van der Waals surface area contributed by atoms with Crippen molar-refractivity contribution in [2.45, 2.75) is 26.4 Å². The summed E-state index contributed by atoms with van der Waals surface area (Å²) in [7, 11) is 1.93. The second-order valence-electron chi connectivity index (χ2n) is 3.89. The molecule has 0 saturated carbocycles. The zero-order valence-electron chi connectivity index (χ0n) is 9.16. The number of rotatable bonds is 1. The summed E-state index contributed by atoms with van der Waals surface area (Å²) in [4.78, 5) is 13.1. The normalized spacial score (nSPS) is 15.3. The summed E-state index contributed by atoms with van der Waals surface area (Å²) in [5, 5.41) is 4.36. The Kier molecular flexibility index (Phi) is 2.48. The quantitative estimate of drug-likeness (QED) is 0.694. The number of amides is 1. The molecule has 0 fully saturated rings. The third kappa shape index (κ3) is 1.63. The predicted octanol–water partition coefficient (Wildman–Crippen LogP) is -0.217. The molecule has 0 aromatic carbocycles. The molecule has 0 bridgehead atoms. The van der Waals surface area contributed by atoms with Gasteiger partial charge in [0.15, 0.2) is 0 Å². The second kappa shape index (κ2) is 3.66. The summed E-state index contributed by atoms with van der Waals surface area (Å²) in [6.07, 6.45) is 0.873. The van der Waals surface area contributed by atoms with Crippen molar-refractivity contribution in [2.75, 3.05) is 6.54 Å². The molecule has 5 heteroatoms. The number of carbonyl (C=O) groups excluding carboxylic acids is 1. The van der Waals surface area contributed by atoms with Gasteiger partial charge in [-0.05, 0) is 0 Å². The van der Waals surface area contributed by atoms with E-state index in [2.05, 4.69) is 5.10 Å². The molecule has 0 spiro atoms. The van der Waals surface area contributed by atoms with Crippen LogP contribution >= 0.6 is 0 Å². The third-order valence-electron chi connectivity index (χ3n) is 2.96. The number of carbonyl (C=O) groups is 1. The van der Waals surface area contributed by atoms with E-state index in [-0.39, 0.29) is 5.91 Å². The number of hydrogen-bond acceptors (Lipinski definition) is 3. The van der Waals surface area contributed by atoms with Crippen molar-refractivity contribution in [1.82, 2.24) is 14.7 Å². The summed E-state index contributed by atoms with van der Waals surface area (Å²) in [6.45, 7) is 3.48. The highest BCUT2D eigenvalue weighted by atomic mass is 16.2. The van der Waals surface area contributed by atoms with E-state index in [1.165, 1.54) is 5.69 Å². The largest absolute Gasteiger partial charge is 0.338 e. The molecule has 0 radical (unpaired) electrons. The van der Waals surface area contributed by atoms with Gasteiger partial charge in [0.2, 0.25) is 5.91 Å². The fourth-order valence-corrected chi connectivity index (χ4v) is 2.10. The van der Waals surface area contributed by atoms with Crippen molar-refractivity contribution in [3.63, 3.8) is 0 Å². The predicted molar refractivity (Wildman–Crippen MR) is 55.9 cm³/mol. The first-order valence-electron chi connectivity index (χ1n) is 5.12. The summed E-state index contributed by atoms with van der Waals surface area (Å²) in [5.41, 5.74) is 8.90. The highest BCUT2D eigenvalue weighted by Crippen LogP contribution is 2.21. The van der Waals surface area contributed by atoms with E-state index in [1.54, 1.807) is 6.92 Å². The lowest BCUT2D eigenvalue weighted by Crippen LogP contribution is -2.34. The minimum absolute atomic E-state index is 0.118. The minimum Gasteiger partial charge on any atom is -0.338 e. The molecule has 1 aliphatic heterocycles. The number of nitrogens with two attached hydrogens (primary N) is 1. The maximum atomic E-state index is 11.3. The van der Waals surface area contributed by atoms with Crippen LogP contribution in [0.15, 0.2) is 0 Å². The fraction of sp³-hybridized carbons (Fsp3) is 0.600. The van der Waals surface area contributed by atoms with Crippen LogP contribution in [0.5, 0.6) is 0 Å². The van der Waals surface area contributed by atoms with E-state index in [0.717, 1.165) is 24.2 Å². The van der Waals surface area contributed by atoms with Crippen molar-refractivity contribution < 1.29 is 4.79 Å². The zero-order valence-corrected chi connectivity index (χ0v) is 9.16. The van der Waals surface area contributed by atoms with Gasteiger partial charge in [0.05, 0.1) is 5.69 Å². The van der Waals surface area contributed by atoms with Gasteiger partial charge < -0.3 is 10.6 Å². The minimum atomic E-state index is 0.118. The maximum Gasteiger partial charge on any atom is 0.219 e. The molecule has 0 unspecified atom stereocenters. The molecule has 0 atom stereocenters. The molecule has 15 heavy (non-hydrogen) atoms. The van der Waals surface area contributed by atoms with Gasteiger partial charge in [0.25, 0.3) is 0 Å². The Morgan fingerprint density at radius 2 is 2.33 bits per heavy atom. The van der Waals surface area contributed by atoms with E-state index >= 15 is 0 Å². The number of hydrogen-bond donors (Lipinski definition) is 1. The van der Waals surface area contributed by atoms with Crippen molar-refractivity contribution in [3.8, 4) is 0 Å². The van der Waals surface area contributed by atoms with Gasteiger partial charge in [0, 0.05) is 51.3 Å². The lowest BCUT2D eigenvalue weighted by atomic mass is 10.1. The van der Waals surface area contributed by atoms with Crippen molar-refractivity contribution in [2.24, 2.45) is 12.8 Å². The Labute approximate surface area is 88.8 Å². The van der Waals surface area contributed by atoms with E-state index in [1.807, 2.05) is 16.6 Å². The van der Waals surface area contributed by atoms with Gasteiger partial charge >= 0.3 is 0 Å². The smallest absolute Gasteiger partial charge is 0.219 e. The molecular formula is C10H16N4O. The topological polar surface area (TPSA) is 64.2 Å². The molecule has 5 nitrogen and oxygen atoms in total. The lowest BCUT2D eigenvalue weighted by Gasteiger charge is -2.26. The Balaban J connectivity index is 2.35. The summed E-state index contributed by atoms with van der Waals surface area (Å²) in [6, 6.07) is 0. The van der Waals surface area contributed by atoms with Crippen LogP contribution in [0.3, 0.4) is 0 Å². The maximum absolute atomic E-state index is 11.3. The first-order chi connectivity index (χ1) is 7.13. The average molecular weight is 208 g/mol. The zero-order chi connectivity index (χ0) is 11.0. The molecule has 2 heterocycles. The van der Waals surface area contributed by atoms with Gasteiger partial charge in [-0.3, -0.25) is 9.48 Å². The first-order valence-corrected chi connectivity index (χ1v) is 5.12. The second-order valence-corrected chi connectivity index (χ2v) is 3.89. The Bertz CT molecular complexity index is 396. The highest BCUT2D eigenvalue weighted by molar-refractivity contribution is 5.73. The van der Waals surface area contributed by atoms with Crippen LogP contribution in [0.1, 0.15) is 23.9 Å². The molecule has 1 aromatic heterocycles. The van der Waals surface area contributed by atoms with Crippen LogP contribution in [0, 0.1) is 0 Å². The van der Waals surface area contributed by atoms with Gasteiger partial charge in [-0.15, -0.1) is 0 Å². The van der Waals surface area contributed by atoms with Crippen LogP contribution in [0.2, 0.25) is 0 Å². The summed E-state index contributed by atoms with van der Waals surface area (Å²) >= 11 is 0. The molecule has 2 N–H and O–H groups in total. The molecule has 2 rings (SSSR count). The van der Waals surface area contributed by atoms with Crippen LogP contribution < -0.4 is 5.73 Å². The van der Waals surface area contributed by atoms with Crippen molar-refractivity contribution >= 4 is 5.91 Å². The Hall–Kier alpha value is -1.36. The SMILES string of the molecule is CC(=O)N1CCc2c(c(CN)nn2C)C1. The van der Waals surface area contributed by atoms with Crippen LogP contribution in [0.25, 0.3) is 0 Å². The fourth-order valence-electron chi connectivity index (χ4n) is 2.10. The van der Waals surface area contributed by atoms with Crippen LogP contribution in [0.4, 0.5) is 0 Å². The third-order valence-corrected chi connectivity index (χ3v) is 2.96. The van der Waals surface area contributed by atoms with Gasteiger partial charge in [-0.25, -0.2) is 0 Å². The van der Waals surface area contributed by atoms with E-state index in [9.17, 15) is 4.79 Å². The van der Waals surface area contributed by atoms with E-state index < -0.39 is 0 Å². The van der Waals surface area contributed by atoms with Crippen LogP contribution in [-0.4, -0.2) is 27.1 Å². The molecule has 0 aliphatic carbocycles. The van der Waals surface area contributed by atoms with E-state index in [0.29, 0.717) is 13.1 Å². The average Bonchev–Trinajstić information content (AvgIpc) is 2.55. The highest BCUT2D eigenvalue weighted by Gasteiger charge is 2.24. The first kappa shape index (κ1) is 10.2.